The molecule has 0 unspecified atom stereocenters. The molecule has 0 amide bonds. The van der Waals surface area contributed by atoms with Gasteiger partial charge in [-0.05, 0) is 0 Å². The predicted octanol–water partition coefficient (Wildman–Crippen LogP) is 25.1. The molecule has 0 saturated carbocycles. The molecule has 400 valence electrons. The van der Waals surface area contributed by atoms with Gasteiger partial charge in [-0.2, -0.15) is 0 Å². The molecule has 0 nitrogen and oxygen atoms in total. The van der Waals surface area contributed by atoms with Crippen LogP contribution in [0.2, 0.25) is 0 Å². The molecular weight excluding hydrogens is 812 g/mol. The van der Waals surface area contributed by atoms with Crippen molar-refractivity contribution in [3.05, 3.63) is 0 Å². The Hall–Kier alpha value is 0.430. The second-order valence-corrected chi connectivity index (χ2v) is 28.2. The van der Waals surface area contributed by atoms with E-state index in [1.165, 1.54) is 315 Å². The topological polar surface area (TPSA) is 0 Å². The van der Waals surface area contributed by atoms with Crippen LogP contribution in [0.15, 0.2) is 0 Å². The summed E-state index contributed by atoms with van der Waals surface area (Å²) >= 11 is 0. The molecule has 0 bridgehead atoms. The molecule has 0 rings (SSSR count). The molecule has 0 aliphatic heterocycles. The Bertz CT molecular complexity index is 730. The van der Waals surface area contributed by atoms with Gasteiger partial charge in [-0.25, -0.2) is 0 Å². The smallest absolute Gasteiger partial charge is 0.0654 e. The molecule has 0 spiro atoms. The van der Waals surface area contributed by atoms with Gasteiger partial charge >= 0.3 is 309 Å². The average Bonchev–Trinajstić information content (AvgIpc) is 3.33. The van der Waals surface area contributed by atoms with Gasteiger partial charge in [0.25, 0.3) is 0 Å². The van der Waals surface area contributed by atoms with E-state index in [1.807, 2.05) is 0 Å². The van der Waals surface area contributed by atoms with E-state index in [1.54, 1.807) is 76.0 Å². The summed E-state index contributed by atoms with van der Waals surface area (Å²) in [5.41, 5.74) is 0. The maximum atomic E-state index is 2.36. The first-order chi connectivity index (χ1) is 32.7. The van der Waals surface area contributed by atoms with E-state index in [-0.39, 0.29) is 0 Å². The first-order valence-corrected chi connectivity index (χ1v) is 35.6. The van der Waals surface area contributed by atoms with Crippen molar-refractivity contribution >= 4 is 7.26 Å². The van der Waals surface area contributed by atoms with Gasteiger partial charge in [-0.15, -0.1) is 0 Å². The first-order valence-electron chi connectivity index (χ1n) is 32.7. The summed E-state index contributed by atoms with van der Waals surface area (Å²) in [5.74, 6) is 0. The standard InChI is InChI=1S/C65H135P/c1-5-9-13-17-21-25-28-31-34-37-40-43-47-51-55-59-63-66(62-58-54-50-46-24-20-16-12-8-4,64-60-56-52-48-44-41-38-35-32-29-26-22-18-14-10-6-2)65-61-57-53-49-45-42-39-36-33-30-27-23-19-15-11-7-3/h66H,5-65H2,1-4H3. The molecule has 1 heteroatoms. The van der Waals surface area contributed by atoms with Crippen LogP contribution < -0.4 is 0 Å². The molecule has 66 heavy (non-hydrogen) atoms. The van der Waals surface area contributed by atoms with E-state index in [0.717, 1.165) is 0 Å². The minimum absolute atomic E-state index is 1.20. The van der Waals surface area contributed by atoms with Crippen molar-refractivity contribution in [2.45, 2.75) is 394 Å². The van der Waals surface area contributed by atoms with Crippen LogP contribution in [-0.2, 0) is 0 Å². The van der Waals surface area contributed by atoms with Gasteiger partial charge in [-0.3, -0.25) is 0 Å². The molecule has 0 aliphatic rings. The van der Waals surface area contributed by atoms with Crippen molar-refractivity contribution in [1.29, 1.82) is 0 Å². The summed E-state index contributed by atoms with van der Waals surface area (Å²) in [5, 5.41) is 0. The Morgan fingerprint density at radius 2 is 0.212 bits per heavy atom. The fourth-order valence-electron chi connectivity index (χ4n) is 11.7. The van der Waals surface area contributed by atoms with Gasteiger partial charge in [0.05, 0.1) is 0 Å². The van der Waals surface area contributed by atoms with Crippen LogP contribution in [-0.4, -0.2) is 24.6 Å². The third-order valence-electron chi connectivity index (χ3n) is 16.5. The Labute approximate surface area is 423 Å². The number of rotatable bonds is 61. The van der Waals surface area contributed by atoms with Crippen LogP contribution in [0.3, 0.4) is 0 Å². The Morgan fingerprint density at radius 3 is 0.318 bits per heavy atom. The first kappa shape index (κ1) is 66.4. The average molecular weight is 948 g/mol. The van der Waals surface area contributed by atoms with Gasteiger partial charge in [0.1, 0.15) is 0 Å². The molecule has 0 heterocycles. The Kier molecular flexibility index (Phi) is 60.1. The normalized spacial score (nSPS) is 12.2. The van der Waals surface area contributed by atoms with E-state index in [0.29, 0.717) is 0 Å². The fourth-order valence-corrected chi connectivity index (χ4v) is 17.2. The number of unbranched alkanes of at least 4 members (excludes halogenated alkanes) is 53. The summed E-state index contributed by atoms with van der Waals surface area (Å²) in [4.78, 5) is 0. The van der Waals surface area contributed by atoms with E-state index >= 15 is 0 Å². The maximum absolute atomic E-state index is 2.36. The van der Waals surface area contributed by atoms with Crippen molar-refractivity contribution in [3.8, 4) is 0 Å². The van der Waals surface area contributed by atoms with Crippen LogP contribution in [0.4, 0.5) is 0 Å². The van der Waals surface area contributed by atoms with Crippen molar-refractivity contribution < 1.29 is 0 Å². The van der Waals surface area contributed by atoms with Crippen molar-refractivity contribution in [3.63, 3.8) is 0 Å². The summed E-state index contributed by atoms with van der Waals surface area (Å²) in [6.45, 7) is 9.35. The summed E-state index contributed by atoms with van der Waals surface area (Å²) in [6, 6.07) is 0. The molecule has 0 fully saturated rings. The third kappa shape index (κ3) is 53.8. The molecule has 0 aromatic heterocycles. The predicted molar refractivity (Wildman–Crippen MR) is 314 cm³/mol. The van der Waals surface area contributed by atoms with Gasteiger partial charge in [0.15, 0.2) is 0 Å². The van der Waals surface area contributed by atoms with E-state index < -0.39 is 7.26 Å². The minimum atomic E-state index is -1.20. The summed E-state index contributed by atoms with van der Waals surface area (Å²) in [6.07, 6.45) is 92.0. The molecule has 0 aliphatic carbocycles. The zero-order valence-electron chi connectivity index (χ0n) is 47.6. The Morgan fingerprint density at radius 1 is 0.121 bits per heavy atom. The van der Waals surface area contributed by atoms with Crippen molar-refractivity contribution in [2.75, 3.05) is 24.6 Å². The fraction of sp³-hybridized carbons (Fsp3) is 1.00. The zero-order chi connectivity index (χ0) is 47.6. The quantitative estimate of drug-likeness (QED) is 0.0421. The monoisotopic (exact) mass is 947 g/mol. The van der Waals surface area contributed by atoms with E-state index in [2.05, 4.69) is 27.7 Å². The second kappa shape index (κ2) is 59.7. The van der Waals surface area contributed by atoms with Crippen LogP contribution in [0, 0.1) is 0 Å². The minimum Gasteiger partial charge on any atom is -0.0654 e. The van der Waals surface area contributed by atoms with Gasteiger partial charge in [0, 0.05) is 0 Å². The third-order valence-corrected chi connectivity index (χ3v) is 22.1. The number of hydrogen-bond acceptors (Lipinski definition) is 0. The second-order valence-electron chi connectivity index (χ2n) is 23.2. The van der Waals surface area contributed by atoms with Crippen LogP contribution in [0.25, 0.3) is 0 Å². The van der Waals surface area contributed by atoms with Gasteiger partial charge in [-0.1, -0.05) is 117 Å². The summed E-state index contributed by atoms with van der Waals surface area (Å²) in [7, 11) is -1.20. The van der Waals surface area contributed by atoms with E-state index in [9.17, 15) is 0 Å². The van der Waals surface area contributed by atoms with Crippen LogP contribution in [0.5, 0.6) is 0 Å². The van der Waals surface area contributed by atoms with Gasteiger partial charge in [0.2, 0.25) is 0 Å². The van der Waals surface area contributed by atoms with Crippen molar-refractivity contribution in [1.82, 2.24) is 0 Å². The van der Waals surface area contributed by atoms with Crippen LogP contribution >= 0.6 is 7.26 Å². The molecular formula is C65H135P. The zero-order valence-corrected chi connectivity index (χ0v) is 48.6. The molecule has 0 aromatic rings. The molecule has 0 atom stereocenters. The number of hydrogen-bond donors (Lipinski definition) is 0. The molecule has 0 radical (unpaired) electrons. The SMILES string of the molecule is CCCCCCCCCCCCCCCCCC[PH](CCCCCCCCCCC)(CCCCCCCCCCCCCCCCCC)CCCCCCCCCCCCCCCCCC. The van der Waals surface area contributed by atoms with Gasteiger partial charge < -0.3 is 0 Å². The van der Waals surface area contributed by atoms with Crippen LogP contribution in [0.1, 0.15) is 394 Å². The summed E-state index contributed by atoms with van der Waals surface area (Å²) < 4.78 is 0. The molecule has 0 aromatic carbocycles. The molecule has 0 saturated heterocycles. The Balaban J connectivity index is 4.83. The van der Waals surface area contributed by atoms with Crippen molar-refractivity contribution in [2.24, 2.45) is 0 Å². The molecule has 0 N–H and O–H groups in total. The van der Waals surface area contributed by atoms with E-state index in [4.69, 9.17) is 0 Å².